The van der Waals surface area contributed by atoms with Crippen molar-refractivity contribution in [2.75, 3.05) is 12.3 Å². The van der Waals surface area contributed by atoms with E-state index in [0.717, 1.165) is 11.8 Å². The predicted octanol–water partition coefficient (Wildman–Crippen LogP) is -0.105. The number of thioether (sulfide) groups is 1. The zero-order valence-corrected chi connectivity index (χ0v) is 17.7. The normalized spacial score (nSPS) is 25.2. The van der Waals surface area contributed by atoms with Crippen LogP contribution >= 0.6 is 11.8 Å². The van der Waals surface area contributed by atoms with Crippen molar-refractivity contribution in [2.45, 2.75) is 56.6 Å². The van der Waals surface area contributed by atoms with E-state index >= 15 is 0 Å². The highest BCUT2D eigenvalue weighted by Crippen LogP contribution is 2.43. The summed E-state index contributed by atoms with van der Waals surface area (Å²) in [6.07, 6.45) is -0.854. The first kappa shape index (κ1) is 23.2. The Morgan fingerprint density at radius 1 is 1.31 bits per heavy atom. The highest BCUT2D eigenvalue weighted by atomic mass is 32.2. The maximum atomic E-state index is 12.4. The van der Waals surface area contributed by atoms with E-state index < -0.39 is 46.5 Å². The molecule has 1 saturated heterocycles. The van der Waals surface area contributed by atoms with E-state index in [2.05, 4.69) is 4.98 Å². The van der Waals surface area contributed by atoms with Gasteiger partial charge in [0.15, 0.2) is 0 Å². The molecule has 1 aliphatic heterocycles. The third-order valence-electron chi connectivity index (χ3n) is 4.54. The van der Waals surface area contributed by atoms with Crippen LogP contribution < -0.4 is 17.2 Å². The molecule has 1 aromatic heterocycles. The lowest BCUT2D eigenvalue weighted by Gasteiger charge is -2.25. The first-order valence-corrected chi connectivity index (χ1v) is 10.3. The summed E-state index contributed by atoms with van der Waals surface area (Å²) in [5, 5.41) is 9.42. The number of aromatic nitrogens is 2. The van der Waals surface area contributed by atoms with Gasteiger partial charge in [0.1, 0.15) is 36.0 Å². The summed E-state index contributed by atoms with van der Waals surface area (Å²) in [7, 11) is 0. The van der Waals surface area contributed by atoms with Crippen LogP contribution in [0.5, 0.6) is 0 Å². The topological polar surface area (TPSA) is 160 Å². The summed E-state index contributed by atoms with van der Waals surface area (Å²) in [5.41, 5.74) is 10.7. The molecule has 10 nitrogen and oxygen atoms in total. The molecule has 0 amide bonds. The lowest BCUT2D eigenvalue weighted by Crippen LogP contribution is -2.45. The number of aliphatic hydroxyl groups is 1. The summed E-state index contributed by atoms with van der Waals surface area (Å²) in [6.45, 7) is 6.84. The number of nitrogens with zero attached hydrogens (tertiary/aromatic N) is 2. The second-order valence-electron chi connectivity index (χ2n) is 7.55. The first-order chi connectivity index (χ1) is 13.5. The quantitative estimate of drug-likeness (QED) is 0.500. The molecule has 5 atom stereocenters. The minimum atomic E-state index is -1.24. The monoisotopic (exact) mass is 428 g/mol. The molecular weight excluding hydrogens is 400 g/mol. The number of anilines is 1. The van der Waals surface area contributed by atoms with Crippen LogP contribution in [0.25, 0.3) is 0 Å². The zero-order chi connectivity index (χ0) is 21.9. The molecule has 2 heterocycles. The minimum Gasteiger partial charge on any atom is -0.464 e. The Morgan fingerprint density at radius 2 is 1.97 bits per heavy atom. The molecule has 2 rings (SSSR count). The SMILES string of the molecule is CC(C)C(=O)OC[C@H]1S[C@@H](n2ccc(N)nc2=O)C(O)C1OC(=O)[C@@H](N)C(C)C. The minimum absolute atomic E-state index is 0.0528. The molecule has 2 unspecified atom stereocenters. The predicted molar refractivity (Wildman–Crippen MR) is 108 cm³/mol. The van der Waals surface area contributed by atoms with Crippen LogP contribution in [0.1, 0.15) is 33.1 Å². The van der Waals surface area contributed by atoms with Crippen LogP contribution in [0.3, 0.4) is 0 Å². The Balaban J connectivity index is 2.25. The summed E-state index contributed by atoms with van der Waals surface area (Å²) in [6, 6.07) is 0.558. The van der Waals surface area contributed by atoms with Crippen molar-refractivity contribution in [3.63, 3.8) is 0 Å². The van der Waals surface area contributed by atoms with E-state index in [-0.39, 0.29) is 24.3 Å². The Hall–Kier alpha value is -2.11. The largest absolute Gasteiger partial charge is 0.464 e. The average molecular weight is 429 g/mol. The fraction of sp³-hybridized carbons (Fsp3) is 0.667. The van der Waals surface area contributed by atoms with Crippen molar-refractivity contribution < 1.29 is 24.2 Å². The molecule has 0 saturated carbocycles. The molecule has 29 heavy (non-hydrogen) atoms. The summed E-state index contributed by atoms with van der Waals surface area (Å²) in [5.74, 6) is -1.53. The smallest absolute Gasteiger partial charge is 0.350 e. The molecule has 5 N–H and O–H groups in total. The molecule has 1 aliphatic rings. The van der Waals surface area contributed by atoms with Gasteiger partial charge in [0.2, 0.25) is 0 Å². The van der Waals surface area contributed by atoms with E-state index in [9.17, 15) is 19.5 Å². The Morgan fingerprint density at radius 3 is 2.52 bits per heavy atom. The summed E-state index contributed by atoms with van der Waals surface area (Å²) >= 11 is 1.15. The molecule has 162 valence electrons. The van der Waals surface area contributed by atoms with Crippen molar-refractivity contribution in [1.29, 1.82) is 0 Å². The average Bonchev–Trinajstić information content (AvgIpc) is 2.94. The Labute approximate surface area is 172 Å². The van der Waals surface area contributed by atoms with Gasteiger partial charge in [0.25, 0.3) is 0 Å². The Bertz CT molecular complexity index is 799. The van der Waals surface area contributed by atoms with Crippen LogP contribution in [0.15, 0.2) is 17.1 Å². The van der Waals surface area contributed by atoms with Crippen LogP contribution in [0.4, 0.5) is 5.82 Å². The van der Waals surface area contributed by atoms with E-state index in [1.54, 1.807) is 27.7 Å². The maximum absolute atomic E-state index is 12.4. The van der Waals surface area contributed by atoms with Gasteiger partial charge >= 0.3 is 17.6 Å². The molecule has 0 bridgehead atoms. The molecule has 11 heteroatoms. The number of ether oxygens (including phenoxy) is 2. The summed E-state index contributed by atoms with van der Waals surface area (Å²) < 4.78 is 12.0. The molecule has 1 aromatic rings. The van der Waals surface area contributed by atoms with Crippen LogP contribution in [0, 0.1) is 11.8 Å². The number of aliphatic hydroxyl groups excluding tert-OH is 1. The van der Waals surface area contributed by atoms with Gasteiger partial charge in [-0.05, 0) is 12.0 Å². The third-order valence-corrected chi connectivity index (χ3v) is 6.08. The van der Waals surface area contributed by atoms with Gasteiger partial charge in [0, 0.05) is 6.20 Å². The lowest BCUT2D eigenvalue weighted by atomic mass is 10.1. The van der Waals surface area contributed by atoms with Gasteiger partial charge in [-0.25, -0.2) is 4.79 Å². The van der Waals surface area contributed by atoms with Crippen molar-refractivity contribution >= 4 is 29.5 Å². The molecule has 1 fully saturated rings. The van der Waals surface area contributed by atoms with Crippen LogP contribution in [-0.2, 0) is 19.1 Å². The van der Waals surface area contributed by atoms with Crippen LogP contribution in [-0.4, -0.2) is 56.7 Å². The molecule has 0 aromatic carbocycles. The van der Waals surface area contributed by atoms with Gasteiger partial charge in [-0.2, -0.15) is 4.98 Å². The number of esters is 2. The fourth-order valence-corrected chi connectivity index (χ4v) is 4.15. The van der Waals surface area contributed by atoms with Gasteiger partial charge < -0.3 is 26.0 Å². The number of hydrogen-bond acceptors (Lipinski definition) is 10. The van der Waals surface area contributed by atoms with Gasteiger partial charge in [-0.15, -0.1) is 11.8 Å². The molecular formula is C18H28N4O6S. The molecule has 0 spiro atoms. The van der Waals surface area contributed by atoms with Gasteiger partial charge in [0.05, 0.1) is 11.2 Å². The van der Waals surface area contributed by atoms with Crippen molar-refractivity contribution in [2.24, 2.45) is 17.6 Å². The van der Waals surface area contributed by atoms with Crippen molar-refractivity contribution in [3.05, 3.63) is 22.7 Å². The lowest BCUT2D eigenvalue weighted by molar-refractivity contribution is -0.159. The molecule has 0 radical (unpaired) electrons. The van der Waals surface area contributed by atoms with E-state index in [0.29, 0.717) is 0 Å². The maximum Gasteiger partial charge on any atom is 0.350 e. The standard InChI is InChI=1S/C18H28N4O6S/c1-8(2)12(20)17(25)28-14-10(7-27-16(24)9(3)4)29-15(13(14)23)22-6-5-11(19)21-18(22)26/h5-6,8-10,12-15,23H,7,20H2,1-4H3,(H2,19,21,26)/t10-,12+,13?,14?,15-/m1/s1. The van der Waals surface area contributed by atoms with Gasteiger partial charge in [-0.1, -0.05) is 27.7 Å². The highest BCUT2D eigenvalue weighted by Gasteiger charge is 2.48. The summed E-state index contributed by atoms with van der Waals surface area (Å²) in [4.78, 5) is 40.1. The number of carbonyl (C=O) groups excluding carboxylic acids is 2. The molecule has 0 aliphatic carbocycles. The highest BCUT2D eigenvalue weighted by molar-refractivity contribution is 8.00. The van der Waals surface area contributed by atoms with E-state index in [4.69, 9.17) is 20.9 Å². The number of carbonyl (C=O) groups is 2. The Kier molecular flexibility index (Phi) is 7.66. The number of nitrogen functional groups attached to an aromatic ring is 1. The van der Waals surface area contributed by atoms with E-state index in [1.807, 2.05) is 0 Å². The first-order valence-electron chi connectivity index (χ1n) is 9.33. The van der Waals surface area contributed by atoms with Gasteiger partial charge in [-0.3, -0.25) is 14.2 Å². The second-order valence-corrected chi connectivity index (χ2v) is 8.91. The van der Waals surface area contributed by atoms with Crippen LogP contribution in [0.2, 0.25) is 0 Å². The third kappa shape index (κ3) is 5.49. The van der Waals surface area contributed by atoms with Crippen molar-refractivity contribution in [3.8, 4) is 0 Å². The van der Waals surface area contributed by atoms with Crippen molar-refractivity contribution in [1.82, 2.24) is 9.55 Å². The fourth-order valence-electron chi connectivity index (χ4n) is 2.66. The second kappa shape index (κ2) is 9.59. The number of nitrogens with two attached hydrogens (primary N) is 2. The zero-order valence-electron chi connectivity index (χ0n) is 16.8. The number of rotatable bonds is 7. The number of hydrogen-bond donors (Lipinski definition) is 3. The van der Waals surface area contributed by atoms with E-state index in [1.165, 1.54) is 16.8 Å².